The molecule has 31 heavy (non-hydrogen) atoms. The zero-order valence-corrected chi connectivity index (χ0v) is 19.8. The number of carbonyl (C=O) groups is 1. The third kappa shape index (κ3) is 5.00. The lowest BCUT2D eigenvalue weighted by Crippen LogP contribution is -2.48. The summed E-state index contributed by atoms with van der Waals surface area (Å²) in [6.45, 7) is 8.54. The molecule has 168 valence electrons. The average Bonchev–Trinajstić information content (AvgIpc) is 3.19. The van der Waals surface area contributed by atoms with E-state index in [2.05, 4.69) is 15.3 Å². The zero-order chi connectivity index (χ0) is 22.0. The molecule has 1 aromatic heterocycles. The summed E-state index contributed by atoms with van der Waals surface area (Å²) >= 11 is 1.66. The second-order valence-electron chi connectivity index (χ2n) is 8.37. The van der Waals surface area contributed by atoms with Gasteiger partial charge in [-0.15, -0.1) is 11.3 Å². The van der Waals surface area contributed by atoms with Crippen molar-refractivity contribution in [2.24, 2.45) is 0 Å². The first-order valence-electron chi connectivity index (χ1n) is 10.9. The number of carbonyl (C=O) groups excluding carboxylic acids is 1. The van der Waals surface area contributed by atoms with E-state index in [1.165, 1.54) is 0 Å². The van der Waals surface area contributed by atoms with Crippen molar-refractivity contribution in [1.82, 2.24) is 19.1 Å². The number of rotatable bonds is 5. The van der Waals surface area contributed by atoms with Crippen LogP contribution in [0.3, 0.4) is 0 Å². The molecule has 0 unspecified atom stereocenters. The van der Waals surface area contributed by atoms with Crippen molar-refractivity contribution < 1.29 is 13.2 Å². The lowest BCUT2D eigenvalue weighted by atomic mass is 10.1. The molecule has 3 heterocycles. The van der Waals surface area contributed by atoms with Crippen LogP contribution < -0.4 is 0 Å². The summed E-state index contributed by atoms with van der Waals surface area (Å²) in [5.41, 5.74) is 2.21. The summed E-state index contributed by atoms with van der Waals surface area (Å²) < 4.78 is 27.9. The molecule has 0 spiro atoms. The van der Waals surface area contributed by atoms with Gasteiger partial charge in [0.15, 0.2) is 0 Å². The number of piperazine rings is 1. The zero-order valence-electron chi connectivity index (χ0n) is 18.2. The molecule has 9 heteroatoms. The van der Waals surface area contributed by atoms with Gasteiger partial charge < -0.3 is 4.90 Å². The molecule has 0 radical (unpaired) electrons. The Morgan fingerprint density at radius 3 is 2.39 bits per heavy atom. The van der Waals surface area contributed by atoms with E-state index in [4.69, 9.17) is 0 Å². The molecular formula is C22H30N4O3S2. The number of nitrogens with zero attached hydrogens (tertiary/aromatic N) is 4. The Bertz CT molecular complexity index is 1040. The van der Waals surface area contributed by atoms with E-state index in [1.807, 2.05) is 11.8 Å². The van der Waals surface area contributed by atoms with Gasteiger partial charge in [0.2, 0.25) is 10.0 Å². The first kappa shape index (κ1) is 22.4. The van der Waals surface area contributed by atoms with Crippen molar-refractivity contribution in [3.63, 3.8) is 0 Å². The van der Waals surface area contributed by atoms with Crippen LogP contribution in [0.15, 0.2) is 28.5 Å². The van der Waals surface area contributed by atoms with Gasteiger partial charge in [0, 0.05) is 56.8 Å². The molecule has 0 saturated carbocycles. The fraction of sp³-hybridized carbons (Fsp3) is 0.545. The molecule has 1 amide bonds. The second-order valence-corrected chi connectivity index (χ2v) is 11.3. The topological polar surface area (TPSA) is 73.8 Å². The molecule has 1 aromatic carbocycles. The number of piperidine rings is 1. The molecular weight excluding hydrogens is 432 g/mol. The highest BCUT2D eigenvalue weighted by atomic mass is 32.2. The highest BCUT2D eigenvalue weighted by Gasteiger charge is 2.29. The number of aryl methyl sites for hydroxylation is 2. The predicted octanol–water partition coefficient (Wildman–Crippen LogP) is 2.89. The normalized spacial score (nSPS) is 19.0. The smallest absolute Gasteiger partial charge is 0.253 e. The fourth-order valence-electron chi connectivity index (χ4n) is 4.26. The maximum absolute atomic E-state index is 13.2. The van der Waals surface area contributed by atoms with Crippen LogP contribution in [-0.2, 0) is 16.6 Å². The Hall–Kier alpha value is -1.81. The van der Waals surface area contributed by atoms with Crippen LogP contribution in [0.2, 0.25) is 0 Å². The van der Waals surface area contributed by atoms with Crippen LogP contribution in [0.5, 0.6) is 0 Å². The van der Waals surface area contributed by atoms with Crippen molar-refractivity contribution in [2.75, 3.05) is 39.3 Å². The largest absolute Gasteiger partial charge is 0.336 e. The van der Waals surface area contributed by atoms with Gasteiger partial charge in [-0.2, -0.15) is 4.31 Å². The Balaban J connectivity index is 1.44. The molecule has 2 aliphatic rings. The summed E-state index contributed by atoms with van der Waals surface area (Å²) in [5.74, 6) is -0.0979. The molecule has 2 aromatic rings. The number of benzene rings is 1. The monoisotopic (exact) mass is 462 g/mol. The highest BCUT2D eigenvalue weighted by Crippen LogP contribution is 2.25. The van der Waals surface area contributed by atoms with Gasteiger partial charge in [0.25, 0.3) is 5.91 Å². The van der Waals surface area contributed by atoms with Crippen molar-refractivity contribution in [3.8, 4) is 0 Å². The first-order valence-corrected chi connectivity index (χ1v) is 13.2. The van der Waals surface area contributed by atoms with Gasteiger partial charge in [0.05, 0.1) is 15.6 Å². The molecule has 0 bridgehead atoms. The Labute approximate surface area is 188 Å². The van der Waals surface area contributed by atoms with Gasteiger partial charge in [-0.05, 0) is 44.4 Å². The average molecular weight is 463 g/mol. The van der Waals surface area contributed by atoms with Gasteiger partial charge in [-0.1, -0.05) is 12.5 Å². The molecule has 7 nitrogen and oxygen atoms in total. The van der Waals surface area contributed by atoms with Crippen LogP contribution in [0, 0.1) is 13.8 Å². The Kier molecular flexibility index (Phi) is 6.76. The Morgan fingerprint density at radius 2 is 1.74 bits per heavy atom. The van der Waals surface area contributed by atoms with Gasteiger partial charge in [-0.25, -0.2) is 13.4 Å². The first-order chi connectivity index (χ1) is 14.8. The third-order valence-corrected chi connectivity index (χ3v) is 8.94. The van der Waals surface area contributed by atoms with E-state index in [0.717, 1.165) is 49.6 Å². The van der Waals surface area contributed by atoms with Gasteiger partial charge >= 0.3 is 0 Å². The quantitative estimate of drug-likeness (QED) is 0.683. The molecule has 0 N–H and O–H groups in total. The second kappa shape index (κ2) is 9.36. The van der Waals surface area contributed by atoms with Crippen molar-refractivity contribution >= 4 is 27.3 Å². The van der Waals surface area contributed by atoms with E-state index in [-0.39, 0.29) is 10.8 Å². The number of amides is 1. The van der Waals surface area contributed by atoms with Gasteiger partial charge in [-0.3, -0.25) is 9.69 Å². The van der Waals surface area contributed by atoms with Crippen molar-refractivity contribution in [3.05, 3.63) is 45.4 Å². The van der Waals surface area contributed by atoms with Crippen molar-refractivity contribution in [1.29, 1.82) is 0 Å². The number of sulfonamides is 1. The number of hydrogen-bond acceptors (Lipinski definition) is 6. The van der Waals surface area contributed by atoms with Gasteiger partial charge in [0.1, 0.15) is 0 Å². The molecule has 2 aliphatic heterocycles. The van der Waals surface area contributed by atoms with E-state index in [1.54, 1.807) is 40.8 Å². The van der Waals surface area contributed by atoms with Crippen LogP contribution in [0.4, 0.5) is 0 Å². The molecule has 0 aliphatic carbocycles. The summed E-state index contributed by atoms with van der Waals surface area (Å²) in [7, 11) is -3.57. The molecule has 4 rings (SSSR count). The van der Waals surface area contributed by atoms with Crippen molar-refractivity contribution in [2.45, 2.75) is 44.6 Å². The van der Waals surface area contributed by atoms with Crippen LogP contribution >= 0.6 is 11.3 Å². The van der Waals surface area contributed by atoms with E-state index >= 15 is 0 Å². The molecule has 2 fully saturated rings. The standard InChI is InChI=1S/C22H30N4O3S2/c1-17-6-7-19(14-21(17)31(28,29)26-8-4-3-5-9-26)22(27)25-12-10-24(11-13-25)15-20-16-30-18(2)23-20/h6-7,14,16H,3-5,8-13,15H2,1-2H3. The Morgan fingerprint density at radius 1 is 1.03 bits per heavy atom. The fourth-order valence-corrected chi connectivity index (χ4v) is 6.63. The summed E-state index contributed by atoms with van der Waals surface area (Å²) in [5, 5.41) is 3.15. The highest BCUT2D eigenvalue weighted by molar-refractivity contribution is 7.89. The maximum Gasteiger partial charge on any atom is 0.253 e. The van der Waals surface area contributed by atoms with E-state index < -0.39 is 10.0 Å². The predicted molar refractivity (Wildman–Crippen MR) is 122 cm³/mol. The van der Waals surface area contributed by atoms with Crippen LogP contribution in [-0.4, -0.2) is 72.7 Å². The maximum atomic E-state index is 13.2. The minimum absolute atomic E-state index is 0.0979. The van der Waals surface area contributed by atoms with Crippen LogP contribution in [0.25, 0.3) is 0 Å². The molecule has 2 saturated heterocycles. The number of aromatic nitrogens is 1. The van der Waals surface area contributed by atoms with E-state index in [9.17, 15) is 13.2 Å². The lowest BCUT2D eigenvalue weighted by molar-refractivity contribution is 0.0627. The van der Waals surface area contributed by atoms with Crippen LogP contribution in [0.1, 0.15) is 45.9 Å². The van der Waals surface area contributed by atoms with E-state index in [0.29, 0.717) is 37.3 Å². The summed E-state index contributed by atoms with van der Waals surface area (Å²) in [4.78, 5) is 22.0. The minimum atomic E-state index is -3.57. The summed E-state index contributed by atoms with van der Waals surface area (Å²) in [6.07, 6.45) is 2.85. The molecule has 0 atom stereocenters. The third-order valence-electron chi connectivity index (χ3n) is 6.08. The minimum Gasteiger partial charge on any atom is -0.336 e. The lowest BCUT2D eigenvalue weighted by Gasteiger charge is -2.34. The number of thiazole rings is 1. The number of hydrogen-bond donors (Lipinski definition) is 0. The SMILES string of the molecule is Cc1nc(CN2CCN(C(=O)c3ccc(C)c(S(=O)(=O)N4CCCCC4)c3)CC2)cs1. The summed E-state index contributed by atoms with van der Waals surface area (Å²) in [6, 6.07) is 5.08.